The minimum Gasteiger partial charge on any atom is -0.382 e. The maximum atomic E-state index is 6.49. The molecule has 3 aromatic carbocycles. The lowest BCUT2D eigenvalue weighted by molar-refractivity contribution is -0.117. The number of methoxy groups -OCH3 is 1. The molecule has 4 nitrogen and oxygen atoms in total. The van der Waals surface area contributed by atoms with Crippen molar-refractivity contribution in [1.29, 1.82) is 0 Å². The van der Waals surface area contributed by atoms with Crippen LogP contribution in [-0.4, -0.2) is 44.9 Å². The molecule has 0 radical (unpaired) electrons. The molecule has 0 aromatic heterocycles. The third-order valence-electron chi connectivity index (χ3n) is 26.1. The number of rotatable bonds is 10. The van der Waals surface area contributed by atoms with Gasteiger partial charge in [-0.1, -0.05) is 82.5 Å². The highest BCUT2D eigenvalue weighted by Crippen LogP contribution is 2.91. The normalized spacial score (nSPS) is 52.6. The number of para-hydroxylation sites is 2. The molecule has 0 bridgehead atoms. The van der Waals surface area contributed by atoms with Gasteiger partial charge < -0.3 is 14.4 Å². The number of likely N-dealkylation sites (tertiary alicyclic amines) is 1. The summed E-state index contributed by atoms with van der Waals surface area (Å²) in [5, 5.41) is 0. The van der Waals surface area contributed by atoms with Gasteiger partial charge >= 0.3 is 0 Å². The van der Waals surface area contributed by atoms with E-state index in [-0.39, 0.29) is 5.41 Å². The van der Waals surface area contributed by atoms with Crippen molar-refractivity contribution in [3.8, 4) is 0 Å². The van der Waals surface area contributed by atoms with Crippen molar-refractivity contribution in [3.63, 3.8) is 0 Å². The quantitative estimate of drug-likeness (QED) is 0.150. The number of hydrogen-bond acceptors (Lipinski definition) is 4. The van der Waals surface area contributed by atoms with E-state index in [4.69, 9.17) is 9.47 Å². The van der Waals surface area contributed by atoms with Crippen LogP contribution in [0.2, 0.25) is 0 Å². The second-order valence-corrected chi connectivity index (χ2v) is 27.0. The van der Waals surface area contributed by atoms with Crippen LogP contribution in [0.25, 0.3) is 0 Å². The van der Waals surface area contributed by atoms with Crippen molar-refractivity contribution >= 4 is 17.1 Å². The summed E-state index contributed by atoms with van der Waals surface area (Å²) in [6.07, 6.45) is 13.7. The molecule has 25 atom stereocenters. The monoisotopic (exact) mass is 895 g/mol. The van der Waals surface area contributed by atoms with Crippen LogP contribution in [0.1, 0.15) is 56.6 Å². The standard InChI is InChI=1S/C64H66N2O2/c1-67-18-19-68-17-16-65-28-64-27-36-25-34-23-31-20-30-21-33-22-32-24-35-26-40(61(64)63(65)29-12-14-39(15-13-29)66(37-8-4-2-5-9-37)38-10-6-3-7-11-38)48-53-44(35)43(32)50-45(33)49-41(30)42(31)51-46(34)52-47(36)62(64)60(48)59-57(52)55(51)54(49)56(50)58(53)59/h2-15,25,30-33,36,41-43,45-47,49-59,61,63H,16-24,26-28H2,1H3. The van der Waals surface area contributed by atoms with E-state index in [0.717, 1.165) is 143 Å². The Morgan fingerprint density at radius 3 is 2.09 bits per heavy atom. The van der Waals surface area contributed by atoms with E-state index in [1.54, 1.807) is 24.8 Å². The van der Waals surface area contributed by atoms with E-state index >= 15 is 0 Å². The van der Waals surface area contributed by atoms with Crippen LogP contribution >= 0.6 is 0 Å². The topological polar surface area (TPSA) is 24.9 Å². The van der Waals surface area contributed by atoms with E-state index < -0.39 is 0 Å². The Labute approximate surface area is 402 Å². The van der Waals surface area contributed by atoms with E-state index in [1.807, 2.05) is 18.3 Å². The fourth-order valence-electron chi connectivity index (χ4n) is 26.4. The number of anilines is 3. The van der Waals surface area contributed by atoms with E-state index in [9.17, 15) is 0 Å². The molecular weight excluding hydrogens is 829 g/mol. The SMILES string of the molecule is COCCOCCN1CC23CC4C=C5CC6CC7CC8CC9CC%10=C%11C%12C(=C(C%10)C2C1c1ccc(N(c2ccccc2)c2ccccc2)cc1)C1=C3C4C2C5C3C6C7C4C8C(C%119)C5C%12C1C2C3C45. The summed E-state index contributed by atoms with van der Waals surface area (Å²) in [6.45, 7) is 4.37. The lowest BCUT2D eigenvalue weighted by Gasteiger charge is -2.60. The number of nitrogens with zero attached hydrogens (tertiary/aromatic N) is 2. The van der Waals surface area contributed by atoms with Gasteiger partial charge in [-0.05, 0) is 222 Å². The minimum atomic E-state index is 0.236. The molecule has 68 heavy (non-hydrogen) atoms. The molecule has 1 spiro atoms. The Morgan fingerprint density at radius 2 is 1.28 bits per heavy atom. The van der Waals surface area contributed by atoms with Crippen LogP contribution in [-0.2, 0) is 9.47 Å². The number of allylic oxidation sites excluding steroid dienone is 6. The third-order valence-corrected chi connectivity index (χ3v) is 26.1. The molecule has 17 aliphatic rings. The Hall–Kier alpha value is -3.70. The minimum absolute atomic E-state index is 0.236. The van der Waals surface area contributed by atoms with Gasteiger partial charge in [0.1, 0.15) is 0 Å². The van der Waals surface area contributed by atoms with E-state index in [1.165, 1.54) is 49.3 Å². The van der Waals surface area contributed by atoms with Crippen molar-refractivity contribution in [1.82, 2.24) is 4.90 Å². The van der Waals surface area contributed by atoms with Gasteiger partial charge in [-0.15, -0.1) is 0 Å². The average molecular weight is 895 g/mol. The molecule has 344 valence electrons. The molecule has 12 fully saturated rings. The van der Waals surface area contributed by atoms with Crippen molar-refractivity contribution in [2.45, 2.75) is 51.0 Å². The first-order chi connectivity index (χ1) is 33.7. The predicted octanol–water partition coefficient (Wildman–Crippen LogP) is 12.1. The molecule has 20 rings (SSSR count). The van der Waals surface area contributed by atoms with E-state index in [0.29, 0.717) is 25.2 Å². The highest BCUT2D eigenvalue weighted by molar-refractivity contribution is 5.77. The van der Waals surface area contributed by atoms with Gasteiger partial charge in [0.05, 0.1) is 19.8 Å². The van der Waals surface area contributed by atoms with Gasteiger partial charge in [0.2, 0.25) is 0 Å². The molecule has 0 N–H and O–H groups in total. The average Bonchev–Trinajstić information content (AvgIpc) is 4.24. The molecule has 16 aliphatic carbocycles. The van der Waals surface area contributed by atoms with Crippen molar-refractivity contribution in [2.24, 2.45) is 142 Å². The number of hydrogen-bond donors (Lipinski definition) is 0. The lowest BCUT2D eigenvalue weighted by Crippen LogP contribution is -2.56. The zero-order valence-electron chi connectivity index (χ0n) is 39.7. The summed E-state index contributed by atoms with van der Waals surface area (Å²) in [7, 11) is 1.81. The fourth-order valence-corrected chi connectivity index (χ4v) is 26.4. The molecule has 1 saturated heterocycles. The molecule has 1 heterocycles. The highest BCUT2D eigenvalue weighted by Gasteiger charge is 2.86. The molecule has 1 aliphatic heterocycles. The van der Waals surface area contributed by atoms with Gasteiger partial charge in [-0.2, -0.15) is 0 Å². The van der Waals surface area contributed by atoms with Crippen LogP contribution in [0.15, 0.2) is 130 Å². The van der Waals surface area contributed by atoms with E-state index in [2.05, 4.69) is 129 Å². The lowest BCUT2D eigenvalue weighted by atomic mass is 9.44. The first kappa shape index (κ1) is 37.1. The molecule has 0 amide bonds. The van der Waals surface area contributed by atoms with Gasteiger partial charge in [0, 0.05) is 60.6 Å². The Kier molecular flexibility index (Phi) is 6.63. The van der Waals surface area contributed by atoms with Crippen LogP contribution in [0.5, 0.6) is 0 Å². The maximum Gasteiger partial charge on any atom is 0.0700 e. The Balaban J connectivity index is 0.810. The van der Waals surface area contributed by atoms with Crippen LogP contribution in [0.4, 0.5) is 17.1 Å². The zero-order valence-corrected chi connectivity index (χ0v) is 39.7. The first-order valence-corrected chi connectivity index (χ1v) is 28.4. The first-order valence-electron chi connectivity index (χ1n) is 28.4. The second-order valence-electron chi connectivity index (χ2n) is 27.0. The third kappa shape index (κ3) is 3.83. The zero-order chi connectivity index (χ0) is 43.4. The van der Waals surface area contributed by atoms with Gasteiger partial charge in [-0.25, -0.2) is 0 Å². The van der Waals surface area contributed by atoms with Gasteiger partial charge in [-0.3, -0.25) is 4.90 Å². The fraction of sp³-hybridized carbons (Fsp3) is 0.594. The smallest absolute Gasteiger partial charge is 0.0700 e. The van der Waals surface area contributed by atoms with Crippen LogP contribution < -0.4 is 4.90 Å². The molecule has 3 aromatic rings. The van der Waals surface area contributed by atoms with Gasteiger partial charge in [0.25, 0.3) is 0 Å². The van der Waals surface area contributed by atoms with Crippen molar-refractivity contribution < 1.29 is 9.47 Å². The Morgan fingerprint density at radius 1 is 0.603 bits per heavy atom. The maximum absolute atomic E-state index is 6.49. The molecule has 25 unspecified atom stereocenters. The Bertz CT molecular complexity index is 2890. The number of fused-ring (bicyclic) bond motifs is 1. The summed E-state index contributed by atoms with van der Waals surface area (Å²) in [6, 6.07) is 32.6. The largest absolute Gasteiger partial charge is 0.382 e. The second kappa shape index (κ2) is 12.1. The van der Waals surface area contributed by atoms with Crippen molar-refractivity contribution in [3.05, 3.63) is 136 Å². The summed E-state index contributed by atoms with van der Waals surface area (Å²) < 4.78 is 12.0. The summed E-state index contributed by atoms with van der Waals surface area (Å²) in [4.78, 5) is 5.50. The predicted molar refractivity (Wildman–Crippen MR) is 262 cm³/mol. The number of benzene rings is 3. The summed E-state index contributed by atoms with van der Waals surface area (Å²) in [5.41, 5.74) is 20.1. The molecule has 4 heteroatoms. The summed E-state index contributed by atoms with van der Waals surface area (Å²) >= 11 is 0. The number of ether oxygens (including phenoxy) is 2. The highest BCUT2D eigenvalue weighted by atomic mass is 16.5. The van der Waals surface area contributed by atoms with Crippen LogP contribution in [0, 0.1) is 142 Å². The molecular formula is C64H66N2O2. The van der Waals surface area contributed by atoms with Crippen molar-refractivity contribution in [2.75, 3.05) is 44.9 Å². The van der Waals surface area contributed by atoms with Gasteiger partial charge in [0.15, 0.2) is 0 Å². The van der Waals surface area contributed by atoms with Crippen LogP contribution in [0.3, 0.4) is 0 Å². The summed E-state index contributed by atoms with van der Waals surface area (Å²) in [5.74, 6) is 22.4. The molecule has 11 saturated carbocycles.